The van der Waals surface area contributed by atoms with Gasteiger partial charge >= 0.3 is 25.0 Å². The Bertz CT molecular complexity index is 537. The summed E-state index contributed by atoms with van der Waals surface area (Å²) in [7, 11) is 0. The van der Waals surface area contributed by atoms with Crippen molar-refractivity contribution in [2.75, 3.05) is 13.1 Å². The van der Waals surface area contributed by atoms with Crippen molar-refractivity contribution in [2.45, 2.75) is 64.6 Å². The van der Waals surface area contributed by atoms with Gasteiger partial charge in [0.2, 0.25) is 0 Å². The Labute approximate surface area is 174 Å². The Morgan fingerprint density at radius 3 is 2.31 bits per heavy atom. The van der Waals surface area contributed by atoms with Crippen molar-refractivity contribution in [2.24, 2.45) is 0 Å². The molecule has 142 valence electrons. The monoisotopic (exact) mass is 376 g/mol. The third kappa shape index (κ3) is 8.31. The summed E-state index contributed by atoms with van der Waals surface area (Å²) in [5, 5.41) is 11.1. The third-order valence-electron chi connectivity index (χ3n) is 3.86. The minimum Gasteiger partial charge on any atom is -0.444 e. The molecule has 0 radical (unpaired) electrons. The second-order valence-electron chi connectivity index (χ2n) is 7.22. The van der Waals surface area contributed by atoms with E-state index in [2.05, 4.69) is 18.8 Å². The number of amides is 1. The van der Waals surface area contributed by atoms with Gasteiger partial charge in [-0.25, -0.2) is 9.78 Å². The molecule has 26 heavy (non-hydrogen) atoms. The normalized spacial score (nSPS) is 16.0. The van der Waals surface area contributed by atoms with Crippen LogP contribution in [0.15, 0.2) is 18.3 Å². The van der Waals surface area contributed by atoms with Crippen LogP contribution in [0.3, 0.4) is 0 Å². The summed E-state index contributed by atoms with van der Waals surface area (Å²) >= 11 is 5.76. The van der Waals surface area contributed by atoms with Gasteiger partial charge in [0.05, 0.1) is 5.60 Å². The van der Waals surface area contributed by atoms with Crippen LogP contribution in [0.5, 0.6) is 0 Å². The minimum atomic E-state index is -0.962. The molecule has 7 heteroatoms. The van der Waals surface area contributed by atoms with E-state index < -0.39 is 11.2 Å². The molecular weight excluding hydrogens is 347 g/mol. The standard InChI is InChI=1S/C15H21ClN2O3.C4H9.Li/c1-14(2,3)21-13(19)18-8-6-15(20,7-9-18)11-4-5-12(16)17-10-11;1-3-4-2;/h4-5,10,20H,6-9H2,1-3H3;1,3-4H2,2H3;/q;-1;+1. The van der Waals surface area contributed by atoms with Gasteiger partial charge in [0.25, 0.3) is 0 Å². The van der Waals surface area contributed by atoms with E-state index in [1.165, 1.54) is 6.42 Å². The molecule has 0 saturated carbocycles. The van der Waals surface area contributed by atoms with Gasteiger partial charge in [-0.3, -0.25) is 0 Å². The first-order valence-electron chi connectivity index (χ1n) is 8.73. The number of unbranched alkanes of at least 4 members (excludes halogenated alkanes) is 1. The van der Waals surface area contributed by atoms with Crippen LogP contribution in [0.1, 0.15) is 58.9 Å². The molecule has 1 aliphatic rings. The first-order valence-corrected chi connectivity index (χ1v) is 9.10. The van der Waals surface area contributed by atoms with Gasteiger partial charge in [-0.15, -0.1) is 0 Å². The molecule has 1 aromatic heterocycles. The largest absolute Gasteiger partial charge is 1.00 e. The number of ether oxygens (including phenoxy) is 1. The van der Waals surface area contributed by atoms with E-state index in [0.29, 0.717) is 31.1 Å². The number of rotatable bonds is 2. The molecule has 2 rings (SSSR count). The van der Waals surface area contributed by atoms with Gasteiger partial charge in [-0.2, -0.15) is 6.42 Å². The molecule has 1 amide bonds. The second kappa shape index (κ2) is 11.2. The van der Waals surface area contributed by atoms with Crippen molar-refractivity contribution in [1.82, 2.24) is 9.88 Å². The van der Waals surface area contributed by atoms with Gasteiger partial charge in [0.1, 0.15) is 10.8 Å². The molecule has 1 aliphatic heterocycles. The second-order valence-corrected chi connectivity index (χ2v) is 7.61. The van der Waals surface area contributed by atoms with Crippen molar-refractivity contribution in [3.05, 3.63) is 36.0 Å². The van der Waals surface area contributed by atoms with Crippen LogP contribution >= 0.6 is 11.6 Å². The van der Waals surface area contributed by atoms with Gasteiger partial charge in [-0.05, 0) is 39.7 Å². The average molecular weight is 377 g/mol. The molecule has 0 bridgehead atoms. The van der Waals surface area contributed by atoms with E-state index in [9.17, 15) is 9.90 Å². The van der Waals surface area contributed by atoms with Crippen LogP contribution in [-0.4, -0.2) is 39.8 Å². The fraction of sp³-hybridized carbons (Fsp3) is 0.632. The minimum absolute atomic E-state index is 0. The van der Waals surface area contributed by atoms with Gasteiger partial charge in [0, 0.05) is 24.8 Å². The fourth-order valence-electron chi connectivity index (χ4n) is 2.33. The molecule has 0 unspecified atom stereocenters. The van der Waals surface area contributed by atoms with Crippen LogP contribution < -0.4 is 18.9 Å². The summed E-state index contributed by atoms with van der Waals surface area (Å²) in [5.41, 5.74) is -0.739. The number of halogens is 1. The summed E-state index contributed by atoms with van der Waals surface area (Å²) in [4.78, 5) is 17.6. The van der Waals surface area contributed by atoms with Crippen LogP contribution in [0.4, 0.5) is 4.79 Å². The Morgan fingerprint density at radius 2 is 1.92 bits per heavy atom. The number of pyridine rings is 1. The number of hydrogen-bond acceptors (Lipinski definition) is 4. The smallest absolute Gasteiger partial charge is 0.444 e. The van der Waals surface area contributed by atoms with E-state index in [1.807, 2.05) is 20.8 Å². The van der Waals surface area contributed by atoms with E-state index in [4.69, 9.17) is 16.3 Å². The number of aromatic nitrogens is 1. The van der Waals surface area contributed by atoms with Crippen molar-refractivity contribution < 1.29 is 33.5 Å². The topological polar surface area (TPSA) is 62.7 Å². The van der Waals surface area contributed by atoms with E-state index in [0.717, 1.165) is 12.0 Å². The molecule has 1 aromatic rings. The zero-order valence-electron chi connectivity index (χ0n) is 16.7. The van der Waals surface area contributed by atoms with Crippen molar-refractivity contribution in [3.8, 4) is 0 Å². The summed E-state index contributed by atoms with van der Waals surface area (Å²) in [6.07, 6.45) is 4.44. The van der Waals surface area contributed by atoms with Gasteiger partial charge < -0.3 is 21.7 Å². The van der Waals surface area contributed by atoms with Crippen LogP contribution in [0.2, 0.25) is 5.15 Å². The zero-order valence-corrected chi connectivity index (χ0v) is 17.5. The molecular formula is C19H30ClLiN2O3. The molecule has 0 aliphatic carbocycles. The number of hydrogen-bond donors (Lipinski definition) is 1. The number of likely N-dealkylation sites (tertiary alicyclic amines) is 1. The quantitative estimate of drug-likeness (QED) is 0.483. The predicted molar refractivity (Wildman–Crippen MR) is 100 cm³/mol. The number of carbonyl (C=O) groups is 1. The van der Waals surface area contributed by atoms with Crippen molar-refractivity contribution in [3.63, 3.8) is 0 Å². The third-order valence-corrected chi connectivity index (χ3v) is 4.08. The zero-order chi connectivity index (χ0) is 19.1. The summed E-state index contributed by atoms with van der Waals surface area (Å²) in [5.74, 6) is 0. The molecule has 0 spiro atoms. The van der Waals surface area contributed by atoms with Crippen LogP contribution in [-0.2, 0) is 10.3 Å². The SMILES string of the molecule is CC(C)(C)OC(=O)N1CCC(O)(c2ccc(Cl)nc2)CC1.[CH2-]CCC.[Li+]. The molecule has 2 heterocycles. The molecule has 0 atom stereocenters. The molecule has 1 saturated heterocycles. The number of nitrogens with zero attached hydrogens (tertiary/aromatic N) is 2. The van der Waals surface area contributed by atoms with E-state index >= 15 is 0 Å². The van der Waals surface area contributed by atoms with Crippen LogP contribution in [0, 0.1) is 6.92 Å². The first kappa shape index (κ1) is 25.3. The average Bonchev–Trinajstić information content (AvgIpc) is 2.54. The Hall–Kier alpha value is -0.733. The van der Waals surface area contributed by atoms with Crippen LogP contribution in [0.25, 0.3) is 0 Å². The summed E-state index contributed by atoms with van der Waals surface area (Å²) in [6.45, 7) is 12.1. The molecule has 5 nitrogen and oxygen atoms in total. The van der Waals surface area contributed by atoms with Crippen molar-refractivity contribution >= 4 is 17.7 Å². The van der Waals surface area contributed by atoms with Crippen molar-refractivity contribution in [1.29, 1.82) is 0 Å². The number of piperidine rings is 1. The van der Waals surface area contributed by atoms with Gasteiger partial charge in [0.15, 0.2) is 0 Å². The number of carbonyl (C=O) groups excluding carboxylic acids is 1. The maximum atomic E-state index is 12.0. The van der Waals surface area contributed by atoms with E-state index in [1.54, 1.807) is 23.2 Å². The first-order chi connectivity index (χ1) is 11.6. The Kier molecular flexibility index (Phi) is 10.9. The fourth-order valence-corrected chi connectivity index (χ4v) is 2.44. The molecule has 0 aromatic carbocycles. The maximum Gasteiger partial charge on any atom is 1.00 e. The number of aliphatic hydroxyl groups is 1. The Morgan fingerprint density at radius 1 is 1.38 bits per heavy atom. The van der Waals surface area contributed by atoms with Gasteiger partial charge in [-0.1, -0.05) is 31.0 Å². The predicted octanol–water partition coefficient (Wildman–Crippen LogP) is 1.58. The Balaban J connectivity index is 0.00000113. The molecule has 1 fully saturated rings. The molecule has 1 N–H and O–H groups in total. The van der Waals surface area contributed by atoms with E-state index in [-0.39, 0.29) is 25.0 Å². The maximum absolute atomic E-state index is 12.0. The summed E-state index contributed by atoms with van der Waals surface area (Å²) < 4.78 is 5.34. The summed E-state index contributed by atoms with van der Waals surface area (Å²) in [6, 6.07) is 3.44.